The molecule has 1 aliphatic carbocycles. The van der Waals surface area contributed by atoms with Gasteiger partial charge >= 0.3 is 0 Å². The zero-order valence-electron chi connectivity index (χ0n) is 18.6. The molecule has 0 fully saturated rings. The molecule has 2 heterocycles. The van der Waals surface area contributed by atoms with E-state index in [-0.39, 0.29) is 24.1 Å². The minimum atomic E-state index is -0.215. The lowest BCUT2D eigenvalue weighted by Gasteiger charge is -2.26. The summed E-state index contributed by atoms with van der Waals surface area (Å²) in [6.07, 6.45) is 4.43. The molecule has 1 atom stereocenters. The summed E-state index contributed by atoms with van der Waals surface area (Å²) in [4.78, 5) is 30.8. The lowest BCUT2D eigenvalue weighted by molar-refractivity contribution is -0.122. The van der Waals surface area contributed by atoms with Crippen LogP contribution in [-0.4, -0.2) is 20.0 Å². The van der Waals surface area contributed by atoms with Crippen LogP contribution in [0, 0.1) is 13.8 Å². The van der Waals surface area contributed by atoms with Gasteiger partial charge in [0, 0.05) is 16.4 Å². The Labute approximate surface area is 196 Å². The molecule has 1 amide bonds. The van der Waals surface area contributed by atoms with Crippen molar-refractivity contribution in [1.82, 2.24) is 19.4 Å². The van der Waals surface area contributed by atoms with Gasteiger partial charge in [-0.25, -0.2) is 4.98 Å². The van der Waals surface area contributed by atoms with E-state index in [0.717, 1.165) is 36.2 Å². The van der Waals surface area contributed by atoms with Gasteiger partial charge in [-0.3, -0.25) is 18.7 Å². The summed E-state index contributed by atoms with van der Waals surface area (Å²) in [5.41, 5.74) is 5.48. The molecule has 2 aromatic carbocycles. The Hall–Kier alpha value is -3.38. The number of carbonyl (C=O) groups excluding carboxylic acids is 1. The number of aryl methyl sites for hydroxylation is 2. The highest BCUT2D eigenvalue weighted by Gasteiger charge is 2.23. The molecule has 168 valence electrons. The second-order valence-corrected chi connectivity index (χ2v) is 9.05. The van der Waals surface area contributed by atoms with Crippen LogP contribution in [0.25, 0.3) is 16.7 Å². The molecule has 1 aliphatic rings. The van der Waals surface area contributed by atoms with E-state index in [1.54, 1.807) is 0 Å². The quantitative estimate of drug-likeness (QED) is 0.482. The van der Waals surface area contributed by atoms with Gasteiger partial charge in [0.1, 0.15) is 12.9 Å². The number of rotatable bonds is 4. The molecular formula is C26H25ClN4O2. The van der Waals surface area contributed by atoms with Crippen molar-refractivity contribution in [2.75, 3.05) is 0 Å². The zero-order valence-corrected chi connectivity index (χ0v) is 19.4. The van der Waals surface area contributed by atoms with Crippen LogP contribution in [0.15, 0.2) is 59.7 Å². The van der Waals surface area contributed by atoms with E-state index < -0.39 is 0 Å². The van der Waals surface area contributed by atoms with E-state index in [2.05, 4.69) is 22.4 Å². The number of amides is 1. The lowest BCUT2D eigenvalue weighted by Crippen LogP contribution is -2.36. The molecule has 0 bridgehead atoms. The number of hydrogen-bond donors (Lipinski definition) is 1. The summed E-state index contributed by atoms with van der Waals surface area (Å²) >= 11 is 6.04. The van der Waals surface area contributed by atoms with Gasteiger partial charge in [-0.15, -0.1) is 0 Å². The van der Waals surface area contributed by atoms with Crippen LogP contribution in [0.3, 0.4) is 0 Å². The predicted molar refractivity (Wildman–Crippen MR) is 130 cm³/mol. The maximum atomic E-state index is 13.3. The van der Waals surface area contributed by atoms with Crippen LogP contribution in [0.5, 0.6) is 0 Å². The molecule has 33 heavy (non-hydrogen) atoms. The van der Waals surface area contributed by atoms with Crippen LogP contribution in [0.4, 0.5) is 0 Å². The molecular weight excluding hydrogens is 436 g/mol. The van der Waals surface area contributed by atoms with Crippen molar-refractivity contribution in [3.05, 3.63) is 92.6 Å². The smallest absolute Gasteiger partial charge is 0.263 e. The van der Waals surface area contributed by atoms with Crippen LogP contribution < -0.4 is 10.9 Å². The van der Waals surface area contributed by atoms with Crippen LogP contribution in [0.2, 0.25) is 5.02 Å². The predicted octanol–water partition coefficient (Wildman–Crippen LogP) is 4.65. The van der Waals surface area contributed by atoms with Crippen molar-refractivity contribution < 1.29 is 4.79 Å². The number of benzene rings is 2. The first-order valence-corrected chi connectivity index (χ1v) is 11.5. The fourth-order valence-electron chi connectivity index (χ4n) is 4.80. The zero-order chi connectivity index (χ0) is 23.1. The summed E-state index contributed by atoms with van der Waals surface area (Å²) in [5.74, 6) is -0.188. The van der Waals surface area contributed by atoms with Gasteiger partial charge in [-0.1, -0.05) is 35.9 Å². The molecule has 5 rings (SSSR count). The first kappa shape index (κ1) is 21.5. The Morgan fingerprint density at radius 2 is 1.91 bits per heavy atom. The van der Waals surface area contributed by atoms with Gasteiger partial charge in [0.2, 0.25) is 5.91 Å². The van der Waals surface area contributed by atoms with Crippen LogP contribution in [-0.2, 0) is 17.8 Å². The SMILES string of the molecule is Cc1c(C)n(-c2ccc(Cl)cc2)c2ncn(CC(=O)N[C@@H]3CCCc4ccccc43)c(=O)c12. The van der Waals surface area contributed by atoms with Crippen LogP contribution in [0.1, 0.15) is 41.3 Å². The van der Waals surface area contributed by atoms with Gasteiger partial charge in [0.05, 0.1) is 11.4 Å². The Morgan fingerprint density at radius 1 is 1.15 bits per heavy atom. The van der Waals surface area contributed by atoms with Gasteiger partial charge in [-0.2, -0.15) is 0 Å². The minimum absolute atomic E-state index is 0.0233. The Morgan fingerprint density at radius 3 is 2.70 bits per heavy atom. The lowest BCUT2D eigenvalue weighted by atomic mass is 9.88. The van der Waals surface area contributed by atoms with Crippen molar-refractivity contribution in [3.63, 3.8) is 0 Å². The van der Waals surface area contributed by atoms with Crippen molar-refractivity contribution >= 4 is 28.5 Å². The van der Waals surface area contributed by atoms with Crippen molar-refractivity contribution in [3.8, 4) is 5.69 Å². The van der Waals surface area contributed by atoms with Gasteiger partial charge in [-0.05, 0) is 74.1 Å². The average molecular weight is 461 g/mol. The highest BCUT2D eigenvalue weighted by Crippen LogP contribution is 2.29. The molecule has 2 aromatic heterocycles. The third-order valence-electron chi connectivity index (χ3n) is 6.59. The standard InChI is InChI=1S/C26H25ClN4O2/c1-16-17(2)31(20-12-10-19(27)11-13-20)25-24(16)26(33)30(15-28-25)14-23(32)29-22-9-5-7-18-6-3-4-8-21(18)22/h3-4,6,8,10-13,15,22H,5,7,9,14H2,1-2H3,(H,29,32)/t22-/m1/s1. The molecule has 0 radical (unpaired) electrons. The maximum Gasteiger partial charge on any atom is 0.263 e. The molecule has 6 nitrogen and oxygen atoms in total. The van der Waals surface area contributed by atoms with Gasteiger partial charge < -0.3 is 5.32 Å². The fraction of sp³-hybridized carbons (Fsp3) is 0.269. The van der Waals surface area contributed by atoms with E-state index in [1.165, 1.54) is 22.0 Å². The maximum absolute atomic E-state index is 13.3. The topological polar surface area (TPSA) is 68.9 Å². The highest BCUT2D eigenvalue weighted by molar-refractivity contribution is 6.30. The molecule has 0 unspecified atom stereocenters. The Kier molecular flexibility index (Phi) is 5.54. The summed E-state index contributed by atoms with van der Waals surface area (Å²) in [6.45, 7) is 3.81. The Balaban J connectivity index is 1.45. The van der Waals surface area contributed by atoms with E-state index in [1.807, 2.05) is 54.8 Å². The Bertz CT molecular complexity index is 1420. The van der Waals surface area contributed by atoms with Gasteiger partial charge in [0.25, 0.3) is 5.56 Å². The summed E-state index contributed by atoms with van der Waals surface area (Å²) in [6, 6.07) is 15.6. The van der Waals surface area contributed by atoms with Gasteiger partial charge in [0.15, 0.2) is 5.65 Å². The summed E-state index contributed by atoms with van der Waals surface area (Å²) in [5, 5.41) is 4.29. The number of nitrogens with one attached hydrogen (secondary N) is 1. The highest BCUT2D eigenvalue weighted by atomic mass is 35.5. The second kappa shape index (κ2) is 8.52. The minimum Gasteiger partial charge on any atom is -0.348 e. The van der Waals surface area contributed by atoms with E-state index >= 15 is 0 Å². The third kappa shape index (κ3) is 3.85. The number of fused-ring (bicyclic) bond motifs is 2. The number of carbonyl (C=O) groups is 1. The van der Waals surface area contributed by atoms with Crippen molar-refractivity contribution in [2.24, 2.45) is 0 Å². The van der Waals surface area contributed by atoms with E-state index in [9.17, 15) is 9.59 Å². The number of nitrogens with zero attached hydrogens (tertiary/aromatic N) is 3. The second-order valence-electron chi connectivity index (χ2n) is 8.61. The summed E-state index contributed by atoms with van der Waals surface area (Å²) in [7, 11) is 0. The normalized spacial score (nSPS) is 15.4. The molecule has 1 N–H and O–H groups in total. The monoisotopic (exact) mass is 460 g/mol. The summed E-state index contributed by atoms with van der Waals surface area (Å²) < 4.78 is 3.34. The number of halogens is 1. The fourth-order valence-corrected chi connectivity index (χ4v) is 4.93. The third-order valence-corrected chi connectivity index (χ3v) is 6.84. The van der Waals surface area contributed by atoms with Crippen LogP contribution >= 0.6 is 11.6 Å². The largest absolute Gasteiger partial charge is 0.348 e. The molecule has 0 spiro atoms. The molecule has 0 saturated heterocycles. The first-order chi connectivity index (χ1) is 15.9. The van der Waals surface area contributed by atoms with E-state index in [4.69, 9.17) is 11.6 Å². The first-order valence-electron chi connectivity index (χ1n) is 11.1. The number of aromatic nitrogens is 3. The molecule has 0 saturated carbocycles. The van der Waals surface area contributed by atoms with Crippen molar-refractivity contribution in [1.29, 1.82) is 0 Å². The van der Waals surface area contributed by atoms with Crippen molar-refractivity contribution in [2.45, 2.75) is 45.7 Å². The number of hydrogen-bond acceptors (Lipinski definition) is 3. The molecule has 7 heteroatoms. The molecule has 0 aliphatic heterocycles. The molecule has 4 aromatic rings. The van der Waals surface area contributed by atoms with E-state index in [0.29, 0.717) is 16.1 Å². The average Bonchev–Trinajstić information content (AvgIpc) is 3.07.